The Morgan fingerprint density at radius 2 is 1.73 bits per heavy atom. The van der Waals surface area contributed by atoms with Crippen LogP contribution in [-0.4, -0.2) is 20.7 Å². The summed E-state index contributed by atoms with van der Waals surface area (Å²) < 4.78 is 67.3. The number of carbonyl (C=O) groups excluding carboxylic acids is 1. The van der Waals surface area contributed by atoms with Crippen molar-refractivity contribution in [3.63, 3.8) is 0 Å². The van der Waals surface area contributed by atoms with Crippen molar-refractivity contribution in [3.8, 4) is 5.75 Å². The number of nitrogens with one attached hydrogen (secondary N) is 2. The number of benzene rings is 2. The second-order valence-corrected chi connectivity index (χ2v) is 7.23. The molecule has 0 spiro atoms. The molecule has 2 N–H and O–H groups in total. The molecule has 1 heterocycles. The van der Waals surface area contributed by atoms with Gasteiger partial charge in [0.05, 0.1) is 4.90 Å². The van der Waals surface area contributed by atoms with Crippen molar-refractivity contribution in [1.29, 1.82) is 0 Å². The van der Waals surface area contributed by atoms with Gasteiger partial charge in [0.1, 0.15) is 5.75 Å². The Kier molecular flexibility index (Phi) is 4.53. The van der Waals surface area contributed by atoms with Gasteiger partial charge in [-0.3, -0.25) is 9.52 Å². The van der Waals surface area contributed by atoms with Gasteiger partial charge in [-0.25, -0.2) is 8.42 Å². The summed E-state index contributed by atoms with van der Waals surface area (Å²) in [6, 6.07) is 8.64. The van der Waals surface area contributed by atoms with E-state index in [2.05, 4.69) is 14.8 Å². The SMILES string of the molecule is O=C1CCc2cc(S(=O)(=O)Nc3ccc(OC(F)(F)F)cc3)ccc2N1. The number of carbonyl (C=O) groups is 1. The van der Waals surface area contributed by atoms with E-state index in [9.17, 15) is 26.4 Å². The molecule has 10 heteroatoms. The van der Waals surface area contributed by atoms with Gasteiger partial charge in [-0.2, -0.15) is 0 Å². The summed E-state index contributed by atoms with van der Waals surface area (Å²) in [6.45, 7) is 0. The number of hydrogen-bond acceptors (Lipinski definition) is 4. The van der Waals surface area contributed by atoms with Gasteiger partial charge < -0.3 is 10.1 Å². The molecule has 0 saturated heterocycles. The molecule has 1 aliphatic heterocycles. The van der Waals surface area contributed by atoms with Crippen LogP contribution in [-0.2, 0) is 21.2 Å². The van der Waals surface area contributed by atoms with Gasteiger partial charge in [0.25, 0.3) is 10.0 Å². The highest BCUT2D eigenvalue weighted by molar-refractivity contribution is 7.92. The fraction of sp³-hybridized carbons (Fsp3) is 0.188. The fourth-order valence-corrected chi connectivity index (χ4v) is 3.57. The number of fused-ring (bicyclic) bond motifs is 1. The van der Waals surface area contributed by atoms with Gasteiger partial charge in [-0.15, -0.1) is 13.2 Å². The van der Waals surface area contributed by atoms with Crippen molar-refractivity contribution in [2.24, 2.45) is 0 Å². The lowest BCUT2D eigenvalue weighted by Gasteiger charge is -2.18. The molecule has 0 aromatic heterocycles. The van der Waals surface area contributed by atoms with Crippen LogP contribution in [0.25, 0.3) is 0 Å². The number of rotatable bonds is 4. The van der Waals surface area contributed by atoms with E-state index in [0.29, 0.717) is 17.7 Å². The molecule has 0 aliphatic carbocycles. The summed E-state index contributed by atoms with van der Waals surface area (Å²) >= 11 is 0. The summed E-state index contributed by atoms with van der Waals surface area (Å²) in [7, 11) is -3.93. The lowest BCUT2D eigenvalue weighted by Crippen LogP contribution is -2.20. The standard InChI is InChI=1S/C16H13F3N2O4S/c17-16(18,19)25-12-4-2-11(3-5-12)21-26(23,24)13-6-7-14-10(9-13)1-8-15(22)20-14/h2-7,9,21H,1,8H2,(H,20,22). The van der Waals surface area contributed by atoms with Crippen LogP contribution in [0.1, 0.15) is 12.0 Å². The fourth-order valence-electron chi connectivity index (χ4n) is 2.47. The molecule has 6 nitrogen and oxygen atoms in total. The molecular formula is C16H13F3N2O4S. The summed E-state index contributed by atoms with van der Waals surface area (Å²) in [5.41, 5.74) is 1.35. The summed E-state index contributed by atoms with van der Waals surface area (Å²) in [5.74, 6) is -0.586. The third-order valence-electron chi connectivity index (χ3n) is 3.62. The third kappa shape index (κ3) is 4.26. The molecule has 0 saturated carbocycles. The predicted octanol–water partition coefficient (Wildman–Crippen LogP) is 3.27. The minimum Gasteiger partial charge on any atom is -0.406 e. The minimum absolute atomic E-state index is 0.0111. The normalized spacial score (nSPS) is 14.3. The Bertz CT molecular complexity index is 941. The maximum Gasteiger partial charge on any atom is 0.573 e. The van der Waals surface area contributed by atoms with Crippen LogP contribution < -0.4 is 14.8 Å². The molecule has 2 aromatic rings. The average molecular weight is 386 g/mol. The van der Waals surface area contributed by atoms with Crippen molar-refractivity contribution in [3.05, 3.63) is 48.0 Å². The Hall–Kier alpha value is -2.75. The van der Waals surface area contributed by atoms with Crippen LogP contribution in [0, 0.1) is 0 Å². The molecule has 0 fully saturated rings. The second kappa shape index (κ2) is 6.52. The maximum absolute atomic E-state index is 12.5. The highest BCUT2D eigenvalue weighted by Crippen LogP contribution is 2.28. The van der Waals surface area contributed by atoms with Crippen LogP contribution in [0.3, 0.4) is 0 Å². The molecule has 2 aromatic carbocycles. The minimum atomic E-state index is -4.82. The molecule has 0 atom stereocenters. The Labute approximate surface area is 147 Å². The molecule has 138 valence electrons. The Balaban J connectivity index is 1.78. The molecule has 0 bridgehead atoms. The summed E-state index contributed by atoms with van der Waals surface area (Å²) in [6.07, 6.45) is -4.13. The lowest BCUT2D eigenvalue weighted by atomic mass is 10.0. The average Bonchev–Trinajstić information content (AvgIpc) is 2.54. The van der Waals surface area contributed by atoms with Crippen molar-refractivity contribution in [1.82, 2.24) is 0 Å². The van der Waals surface area contributed by atoms with E-state index < -0.39 is 22.1 Å². The number of ether oxygens (including phenoxy) is 1. The molecule has 1 amide bonds. The predicted molar refractivity (Wildman–Crippen MR) is 87.3 cm³/mol. The van der Waals surface area contributed by atoms with E-state index in [1.54, 1.807) is 0 Å². The number of anilines is 2. The van der Waals surface area contributed by atoms with Crippen LogP contribution in [0.4, 0.5) is 24.5 Å². The van der Waals surface area contributed by atoms with E-state index in [1.165, 1.54) is 18.2 Å². The number of amides is 1. The first-order chi connectivity index (χ1) is 12.1. The van der Waals surface area contributed by atoms with Crippen molar-refractivity contribution >= 4 is 27.3 Å². The van der Waals surface area contributed by atoms with Gasteiger partial charge in [0.15, 0.2) is 0 Å². The third-order valence-corrected chi connectivity index (χ3v) is 5.00. The zero-order valence-corrected chi connectivity index (χ0v) is 13.9. The number of aryl methyl sites for hydroxylation is 1. The van der Waals surface area contributed by atoms with Gasteiger partial charge in [0.2, 0.25) is 5.91 Å². The first kappa shape index (κ1) is 18.1. The Morgan fingerprint density at radius 3 is 2.38 bits per heavy atom. The highest BCUT2D eigenvalue weighted by Gasteiger charge is 2.31. The molecular weight excluding hydrogens is 373 g/mol. The van der Waals surface area contributed by atoms with Gasteiger partial charge >= 0.3 is 6.36 Å². The van der Waals surface area contributed by atoms with E-state index in [4.69, 9.17) is 0 Å². The largest absolute Gasteiger partial charge is 0.573 e. The van der Waals surface area contributed by atoms with Gasteiger partial charge in [-0.1, -0.05) is 0 Å². The van der Waals surface area contributed by atoms with E-state index >= 15 is 0 Å². The highest BCUT2D eigenvalue weighted by atomic mass is 32.2. The molecule has 0 unspecified atom stereocenters. The van der Waals surface area contributed by atoms with Crippen molar-refractivity contribution < 1.29 is 31.1 Å². The monoisotopic (exact) mass is 386 g/mol. The smallest absolute Gasteiger partial charge is 0.406 e. The Morgan fingerprint density at radius 1 is 1.04 bits per heavy atom. The van der Waals surface area contributed by atoms with E-state index in [0.717, 1.165) is 24.3 Å². The van der Waals surface area contributed by atoms with Crippen LogP contribution in [0.15, 0.2) is 47.4 Å². The van der Waals surface area contributed by atoms with Gasteiger partial charge in [-0.05, 0) is 54.4 Å². The quantitative estimate of drug-likeness (QED) is 0.845. The van der Waals surface area contributed by atoms with Crippen LogP contribution in [0.5, 0.6) is 5.75 Å². The summed E-state index contributed by atoms with van der Waals surface area (Å²) in [5, 5.41) is 2.65. The first-order valence-corrected chi connectivity index (χ1v) is 8.92. The number of hydrogen-bond donors (Lipinski definition) is 2. The molecule has 1 aliphatic rings. The molecule has 3 rings (SSSR count). The number of halogens is 3. The number of sulfonamides is 1. The van der Waals surface area contributed by atoms with E-state index in [1.807, 2.05) is 0 Å². The first-order valence-electron chi connectivity index (χ1n) is 7.44. The maximum atomic E-state index is 12.5. The zero-order chi connectivity index (χ0) is 18.9. The topological polar surface area (TPSA) is 84.5 Å². The van der Waals surface area contributed by atoms with Crippen LogP contribution in [0.2, 0.25) is 0 Å². The van der Waals surface area contributed by atoms with Crippen LogP contribution >= 0.6 is 0 Å². The summed E-state index contributed by atoms with van der Waals surface area (Å²) in [4.78, 5) is 11.3. The zero-order valence-electron chi connectivity index (χ0n) is 13.1. The van der Waals surface area contributed by atoms with Crippen molar-refractivity contribution in [2.75, 3.05) is 10.0 Å². The molecule has 26 heavy (non-hydrogen) atoms. The second-order valence-electron chi connectivity index (χ2n) is 5.54. The van der Waals surface area contributed by atoms with Gasteiger partial charge in [0, 0.05) is 17.8 Å². The van der Waals surface area contributed by atoms with Crippen molar-refractivity contribution in [2.45, 2.75) is 24.1 Å². The van der Waals surface area contributed by atoms with E-state index in [-0.39, 0.29) is 22.9 Å². The number of alkyl halides is 3. The molecule has 0 radical (unpaired) electrons. The lowest BCUT2D eigenvalue weighted by molar-refractivity contribution is -0.274.